The molecule has 0 aromatic carbocycles. The molecule has 1 fully saturated rings. The van der Waals surface area contributed by atoms with Crippen molar-refractivity contribution in [3.05, 3.63) is 12.2 Å². The summed E-state index contributed by atoms with van der Waals surface area (Å²) in [5.74, 6) is 0.971. The Hall–Kier alpha value is -0.900. The van der Waals surface area contributed by atoms with E-state index in [2.05, 4.69) is 34.3 Å². The summed E-state index contributed by atoms with van der Waals surface area (Å²) in [6.07, 6.45) is 6.50. The van der Waals surface area contributed by atoms with Crippen LogP contribution in [0.5, 0.6) is 0 Å². The highest BCUT2D eigenvalue weighted by Crippen LogP contribution is 2.36. The largest absolute Gasteiger partial charge is 0.313 e. The summed E-state index contributed by atoms with van der Waals surface area (Å²) in [4.78, 5) is 4.11. The zero-order valence-electron chi connectivity index (χ0n) is 9.58. The van der Waals surface area contributed by atoms with E-state index >= 15 is 0 Å². The normalized spacial score (nSPS) is 24.5. The molecule has 1 atom stereocenters. The van der Waals surface area contributed by atoms with Gasteiger partial charge in [-0.25, -0.2) is 4.98 Å². The fraction of sp³-hybridized carbons (Fsp3) is 0.818. The molecule has 2 rings (SSSR count). The van der Waals surface area contributed by atoms with Gasteiger partial charge in [0.1, 0.15) is 12.2 Å². The van der Waals surface area contributed by atoms with Gasteiger partial charge >= 0.3 is 0 Å². The van der Waals surface area contributed by atoms with Crippen LogP contribution in [-0.2, 0) is 6.42 Å². The number of aromatic amines is 1. The van der Waals surface area contributed by atoms with E-state index in [9.17, 15) is 0 Å². The van der Waals surface area contributed by atoms with Gasteiger partial charge in [0, 0.05) is 19.0 Å². The molecule has 1 saturated carbocycles. The number of nitrogens with zero attached hydrogens (tertiary/aromatic N) is 2. The first-order chi connectivity index (χ1) is 7.18. The van der Waals surface area contributed by atoms with E-state index in [1.807, 2.05) is 0 Å². The minimum atomic E-state index is 0.460. The molecular formula is C11H20N4. The van der Waals surface area contributed by atoms with Crippen LogP contribution in [0.25, 0.3) is 0 Å². The van der Waals surface area contributed by atoms with Gasteiger partial charge in [-0.05, 0) is 18.3 Å². The van der Waals surface area contributed by atoms with E-state index < -0.39 is 0 Å². The van der Waals surface area contributed by atoms with Crippen LogP contribution in [-0.4, -0.2) is 27.8 Å². The second kappa shape index (κ2) is 4.31. The van der Waals surface area contributed by atoms with Crippen molar-refractivity contribution in [3.63, 3.8) is 0 Å². The van der Waals surface area contributed by atoms with Gasteiger partial charge in [0.05, 0.1) is 0 Å². The smallest absolute Gasteiger partial charge is 0.137 e. The maximum Gasteiger partial charge on any atom is 0.137 e. The number of aromatic nitrogens is 3. The molecule has 0 bridgehead atoms. The lowest BCUT2D eigenvalue weighted by molar-refractivity contribution is 0.285. The second-order valence-electron chi connectivity index (χ2n) is 5.07. The fourth-order valence-electron chi connectivity index (χ4n) is 2.42. The second-order valence-corrected chi connectivity index (χ2v) is 5.07. The third-order valence-electron chi connectivity index (χ3n) is 3.47. The minimum absolute atomic E-state index is 0.460. The van der Waals surface area contributed by atoms with Crippen LogP contribution < -0.4 is 5.32 Å². The first-order valence-corrected chi connectivity index (χ1v) is 5.76. The van der Waals surface area contributed by atoms with Gasteiger partial charge in [0.15, 0.2) is 0 Å². The van der Waals surface area contributed by atoms with Crippen molar-refractivity contribution in [1.82, 2.24) is 20.5 Å². The first kappa shape index (κ1) is 10.6. The van der Waals surface area contributed by atoms with Crippen LogP contribution in [0.15, 0.2) is 6.33 Å². The Labute approximate surface area is 90.9 Å². The highest BCUT2D eigenvalue weighted by atomic mass is 15.2. The predicted octanol–water partition coefficient (Wildman–Crippen LogP) is 1.52. The molecule has 4 nitrogen and oxygen atoms in total. The number of hydrogen-bond acceptors (Lipinski definition) is 3. The molecule has 1 heterocycles. The van der Waals surface area contributed by atoms with Gasteiger partial charge in [-0.2, -0.15) is 5.10 Å². The molecule has 4 heteroatoms. The Bertz CT molecular complexity index is 292. The van der Waals surface area contributed by atoms with Gasteiger partial charge in [-0.15, -0.1) is 0 Å². The molecule has 0 aliphatic heterocycles. The molecule has 15 heavy (non-hydrogen) atoms. The van der Waals surface area contributed by atoms with E-state index in [0.29, 0.717) is 11.5 Å². The zero-order chi connectivity index (χ0) is 10.7. The molecule has 1 aliphatic rings. The third-order valence-corrected chi connectivity index (χ3v) is 3.47. The van der Waals surface area contributed by atoms with Gasteiger partial charge in [0.2, 0.25) is 0 Å². The van der Waals surface area contributed by atoms with Crippen molar-refractivity contribution in [1.29, 1.82) is 0 Å². The Morgan fingerprint density at radius 2 is 2.47 bits per heavy atom. The molecule has 0 saturated heterocycles. The predicted molar refractivity (Wildman–Crippen MR) is 59.5 cm³/mol. The average molecular weight is 208 g/mol. The van der Waals surface area contributed by atoms with E-state index in [-0.39, 0.29) is 0 Å². The summed E-state index contributed by atoms with van der Waals surface area (Å²) in [5.41, 5.74) is 0.460. The van der Waals surface area contributed by atoms with Crippen molar-refractivity contribution in [2.24, 2.45) is 5.41 Å². The van der Waals surface area contributed by atoms with Crippen LogP contribution in [0, 0.1) is 5.41 Å². The van der Waals surface area contributed by atoms with Crippen molar-refractivity contribution in [2.45, 2.75) is 45.6 Å². The van der Waals surface area contributed by atoms with Crippen molar-refractivity contribution in [3.8, 4) is 0 Å². The minimum Gasteiger partial charge on any atom is -0.313 e. The highest BCUT2D eigenvalue weighted by molar-refractivity contribution is 4.91. The van der Waals surface area contributed by atoms with Crippen LogP contribution in [0.4, 0.5) is 0 Å². The Kier molecular flexibility index (Phi) is 3.05. The van der Waals surface area contributed by atoms with Crippen molar-refractivity contribution in [2.75, 3.05) is 6.54 Å². The third kappa shape index (κ3) is 2.56. The van der Waals surface area contributed by atoms with E-state index in [1.165, 1.54) is 19.3 Å². The van der Waals surface area contributed by atoms with Crippen LogP contribution >= 0.6 is 0 Å². The Morgan fingerprint density at radius 3 is 3.07 bits per heavy atom. The summed E-state index contributed by atoms with van der Waals surface area (Å²) < 4.78 is 0. The fourth-order valence-corrected chi connectivity index (χ4v) is 2.42. The Balaban J connectivity index is 1.74. The Morgan fingerprint density at radius 1 is 1.60 bits per heavy atom. The molecule has 1 unspecified atom stereocenters. The molecule has 0 spiro atoms. The molecule has 1 aliphatic carbocycles. The van der Waals surface area contributed by atoms with E-state index in [4.69, 9.17) is 0 Å². The van der Waals surface area contributed by atoms with Crippen LogP contribution in [0.3, 0.4) is 0 Å². The lowest BCUT2D eigenvalue weighted by atomic mass is 9.87. The van der Waals surface area contributed by atoms with Crippen molar-refractivity contribution >= 4 is 0 Å². The van der Waals surface area contributed by atoms with E-state index in [1.54, 1.807) is 6.33 Å². The monoisotopic (exact) mass is 208 g/mol. The number of rotatable bonds is 4. The number of hydrogen-bond donors (Lipinski definition) is 2. The zero-order valence-corrected chi connectivity index (χ0v) is 9.58. The first-order valence-electron chi connectivity index (χ1n) is 5.76. The molecule has 84 valence electrons. The molecule has 0 radical (unpaired) electrons. The molecule has 1 aromatic rings. The van der Waals surface area contributed by atoms with Crippen LogP contribution in [0.1, 0.15) is 38.9 Å². The molecule has 1 aromatic heterocycles. The molecule has 0 amide bonds. The standard InChI is InChI=1S/C11H20N4/c1-11(2)6-3-4-9(11)12-7-5-10-13-8-14-15-10/h8-9,12H,3-7H2,1-2H3,(H,13,14,15). The number of H-pyrrole nitrogens is 1. The maximum absolute atomic E-state index is 4.11. The lowest BCUT2D eigenvalue weighted by Crippen LogP contribution is -2.38. The van der Waals surface area contributed by atoms with E-state index in [0.717, 1.165) is 18.8 Å². The van der Waals surface area contributed by atoms with Crippen molar-refractivity contribution < 1.29 is 0 Å². The van der Waals surface area contributed by atoms with Gasteiger partial charge in [-0.1, -0.05) is 20.3 Å². The maximum atomic E-state index is 4.11. The summed E-state index contributed by atoms with van der Waals surface area (Å²) in [7, 11) is 0. The van der Waals surface area contributed by atoms with Gasteiger partial charge < -0.3 is 5.32 Å². The molecule has 2 N–H and O–H groups in total. The summed E-state index contributed by atoms with van der Waals surface area (Å²) in [5, 5.41) is 10.3. The SMILES string of the molecule is CC1(C)CCCC1NCCc1ncn[nH]1. The number of nitrogens with one attached hydrogen (secondary N) is 2. The lowest BCUT2D eigenvalue weighted by Gasteiger charge is -2.27. The van der Waals surface area contributed by atoms with Gasteiger partial charge in [0.25, 0.3) is 0 Å². The summed E-state index contributed by atoms with van der Waals surface area (Å²) in [6, 6.07) is 0.667. The summed E-state index contributed by atoms with van der Waals surface area (Å²) in [6.45, 7) is 5.70. The molecular weight excluding hydrogens is 188 g/mol. The van der Waals surface area contributed by atoms with Gasteiger partial charge in [-0.3, -0.25) is 5.10 Å². The highest BCUT2D eigenvalue weighted by Gasteiger charge is 2.33. The average Bonchev–Trinajstić information content (AvgIpc) is 2.77. The van der Waals surface area contributed by atoms with Crippen LogP contribution in [0.2, 0.25) is 0 Å². The summed E-state index contributed by atoms with van der Waals surface area (Å²) >= 11 is 0. The quantitative estimate of drug-likeness (QED) is 0.788. The topological polar surface area (TPSA) is 53.6 Å².